The SMILES string of the molecule is NCCCNCCCCNC(=O)C(O)CCNC(=O)CCCCN=C(N)N. The maximum absolute atomic E-state index is 11.8. The van der Waals surface area contributed by atoms with Crippen molar-refractivity contribution in [3.63, 3.8) is 0 Å². The standard InChI is InChI=1S/C17H37N7O3/c18-8-5-10-21-9-3-4-11-23-16(27)14(25)7-13-22-15(26)6-1-2-12-24-17(19)20/h14,21,25H,1-13,18H2,(H,22,26)(H,23,27)(H4,19,20,24). The number of hydrogen-bond acceptors (Lipinski definition) is 6. The van der Waals surface area contributed by atoms with E-state index in [-0.39, 0.29) is 24.8 Å². The maximum atomic E-state index is 11.8. The lowest BCUT2D eigenvalue weighted by Gasteiger charge is -2.12. The lowest BCUT2D eigenvalue weighted by molar-refractivity contribution is -0.130. The summed E-state index contributed by atoms with van der Waals surface area (Å²) in [6, 6.07) is 0. The van der Waals surface area contributed by atoms with Crippen LogP contribution in [0.25, 0.3) is 0 Å². The molecule has 158 valence electrons. The van der Waals surface area contributed by atoms with Gasteiger partial charge in [-0.15, -0.1) is 0 Å². The van der Waals surface area contributed by atoms with Crippen LogP contribution >= 0.6 is 0 Å². The van der Waals surface area contributed by atoms with E-state index in [2.05, 4.69) is 20.9 Å². The van der Waals surface area contributed by atoms with Gasteiger partial charge in [-0.2, -0.15) is 0 Å². The van der Waals surface area contributed by atoms with Crippen LogP contribution in [0.2, 0.25) is 0 Å². The normalized spacial score (nSPS) is 11.6. The minimum atomic E-state index is -1.12. The number of aliphatic hydroxyl groups is 1. The Morgan fingerprint density at radius 3 is 2.33 bits per heavy atom. The Morgan fingerprint density at radius 2 is 1.63 bits per heavy atom. The number of carbonyl (C=O) groups is 2. The molecule has 10 nitrogen and oxygen atoms in total. The monoisotopic (exact) mass is 387 g/mol. The van der Waals surface area contributed by atoms with Gasteiger partial charge in [-0.05, 0) is 58.2 Å². The number of guanidine groups is 1. The molecule has 0 aromatic carbocycles. The highest BCUT2D eigenvalue weighted by Crippen LogP contribution is 1.97. The van der Waals surface area contributed by atoms with E-state index in [0.29, 0.717) is 32.5 Å². The Balaban J connectivity index is 3.56. The van der Waals surface area contributed by atoms with E-state index in [4.69, 9.17) is 17.2 Å². The summed E-state index contributed by atoms with van der Waals surface area (Å²) in [6.45, 7) is 3.75. The molecular weight excluding hydrogens is 350 g/mol. The fourth-order valence-corrected chi connectivity index (χ4v) is 2.23. The van der Waals surface area contributed by atoms with E-state index in [1.165, 1.54) is 0 Å². The van der Waals surface area contributed by atoms with E-state index in [1.54, 1.807) is 0 Å². The van der Waals surface area contributed by atoms with Crippen LogP contribution in [0.3, 0.4) is 0 Å². The molecule has 0 radical (unpaired) electrons. The Bertz CT molecular complexity index is 429. The van der Waals surface area contributed by atoms with Crippen molar-refractivity contribution >= 4 is 17.8 Å². The van der Waals surface area contributed by atoms with Crippen LogP contribution in [-0.4, -0.2) is 68.3 Å². The van der Waals surface area contributed by atoms with Crippen molar-refractivity contribution in [1.82, 2.24) is 16.0 Å². The number of aliphatic hydroxyl groups excluding tert-OH is 1. The van der Waals surface area contributed by atoms with Crippen LogP contribution in [0.5, 0.6) is 0 Å². The second kappa shape index (κ2) is 17.5. The zero-order chi connectivity index (χ0) is 20.3. The van der Waals surface area contributed by atoms with Crippen LogP contribution in [0, 0.1) is 0 Å². The molecule has 0 heterocycles. The summed E-state index contributed by atoms with van der Waals surface area (Å²) in [5, 5.41) is 18.5. The van der Waals surface area contributed by atoms with E-state index in [0.717, 1.165) is 38.8 Å². The smallest absolute Gasteiger partial charge is 0.248 e. The molecule has 0 aromatic rings. The van der Waals surface area contributed by atoms with Gasteiger partial charge in [0, 0.05) is 26.1 Å². The van der Waals surface area contributed by atoms with Crippen LogP contribution in [0.1, 0.15) is 44.9 Å². The van der Waals surface area contributed by atoms with Crippen LogP contribution in [-0.2, 0) is 9.59 Å². The number of rotatable bonds is 17. The quantitative estimate of drug-likeness (QED) is 0.0867. The van der Waals surface area contributed by atoms with Gasteiger partial charge in [-0.1, -0.05) is 0 Å². The first kappa shape index (κ1) is 25.1. The van der Waals surface area contributed by atoms with Gasteiger partial charge in [0.1, 0.15) is 6.10 Å². The van der Waals surface area contributed by atoms with Crippen molar-refractivity contribution in [1.29, 1.82) is 0 Å². The Hall–Kier alpha value is -1.91. The third kappa shape index (κ3) is 17.3. The number of nitrogens with two attached hydrogens (primary N) is 3. The van der Waals surface area contributed by atoms with Crippen LogP contribution in [0.15, 0.2) is 4.99 Å². The summed E-state index contributed by atoms with van der Waals surface area (Å²) < 4.78 is 0. The van der Waals surface area contributed by atoms with Crippen molar-refractivity contribution in [3.05, 3.63) is 0 Å². The molecule has 0 aliphatic heterocycles. The molecule has 10 N–H and O–H groups in total. The number of aliphatic imine (C=N–C) groups is 1. The van der Waals surface area contributed by atoms with E-state index < -0.39 is 12.0 Å². The Kier molecular flexibility index (Phi) is 16.3. The van der Waals surface area contributed by atoms with Gasteiger partial charge in [-0.3, -0.25) is 14.6 Å². The number of hydrogen-bond donors (Lipinski definition) is 7. The van der Waals surface area contributed by atoms with Gasteiger partial charge in [0.05, 0.1) is 0 Å². The molecule has 27 heavy (non-hydrogen) atoms. The molecule has 0 aliphatic carbocycles. The number of carbonyl (C=O) groups excluding carboxylic acids is 2. The molecule has 0 spiro atoms. The summed E-state index contributed by atoms with van der Waals surface area (Å²) in [4.78, 5) is 27.2. The second-order valence-corrected chi connectivity index (χ2v) is 6.31. The second-order valence-electron chi connectivity index (χ2n) is 6.31. The topological polar surface area (TPSA) is 181 Å². The summed E-state index contributed by atoms with van der Waals surface area (Å²) in [6.07, 6.45) is 3.57. The first-order valence-electron chi connectivity index (χ1n) is 9.66. The maximum Gasteiger partial charge on any atom is 0.248 e. The van der Waals surface area contributed by atoms with Crippen molar-refractivity contribution < 1.29 is 14.7 Å². The van der Waals surface area contributed by atoms with Crippen molar-refractivity contribution in [3.8, 4) is 0 Å². The summed E-state index contributed by atoms with van der Waals surface area (Å²) in [5.74, 6) is -0.474. The van der Waals surface area contributed by atoms with Crippen LogP contribution in [0.4, 0.5) is 0 Å². The van der Waals surface area contributed by atoms with Gasteiger partial charge >= 0.3 is 0 Å². The molecule has 0 bridgehead atoms. The average Bonchev–Trinajstić information content (AvgIpc) is 2.63. The molecule has 0 aliphatic rings. The van der Waals surface area contributed by atoms with Gasteiger partial charge < -0.3 is 38.3 Å². The number of unbranched alkanes of at least 4 members (excludes halogenated alkanes) is 2. The summed E-state index contributed by atoms with van der Waals surface area (Å²) >= 11 is 0. The fourth-order valence-electron chi connectivity index (χ4n) is 2.23. The molecule has 0 fully saturated rings. The number of amides is 2. The third-order valence-corrected chi connectivity index (χ3v) is 3.79. The molecule has 0 aromatic heterocycles. The lowest BCUT2D eigenvalue weighted by atomic mass is 10.2. The predicted molar refractivity (Wildman–Crippen MR) is 107 cm³/mol. The van der Waals surface area contributed by atoms with E-state index >= 15 is 0 Å². The largest absolute Gasteiger partial charge is 0.383 e. The highest BCUT2D eigenvalue weighted by Gasteiger charge is 2.14. The Labute approximate surface area is 161 Å². The molecule has 1 unspecified atom stereocenters. The van der Waals surface area contributed by atoms with Crippen molar-refractivity contribution in [2.75, 3.05) is 39.3 Å². The van der Waals surface area contributed by atoms with Gasteiger partial charge in [0.2, 0.25) is 11.8 Å². The van der Waals surface area contributed by atoms with E-state index in [9.17, 15) is 14.7 Å². The van der Waals surface area contributed by atoms with Crippen molar-refractivity contribution in [2.24, 2.45) is 22.2 Å². The van der Waals surface area contributed by atoms with Crippen molar-refractivity contribution in [2.45, 2.75) is 51.0 Å². The van der Waals surface area contributed by atoms with Gasteiger partial charge in [0.25, 0.3) is 0 Å². The van der Waals surface area contributed by atoms with Crippen LogP contribution < -0.4 is 33.2 Å². The predicted octanol–water partition coefficient (Wildman–Crippen LogP) is -1.87. The Morgan fingerprint density at radius 1 is 0.926 bits per heavy atom. The molecule has 0 saturated carbocycles. The first-order chi connectivity index (χ1) is 13.0. The molecule has 0 saturated heterocycles. The zero-order valence-electron chi connectivity index (χ0n) is 16.2. The molecular formula is C17H37N7O3. The lowest BCUT2D eigenvalue weighted by Crippen LogP contribution is -2.37. The van der Waals surface area contributed by atoms with Gasteiger partial charge in [0.15, 0.2) is 5.96 Å². The molecule has 2 amide bonds. The highest BCUT2D eigenvalue weighted by molar-refractivity contribution is 5.80. The molecule has 1 atom stereocenters. The van der Waals surface area contributed by atoms with Gasteiger partial charge in [-0.25, -0.2) is 0 Å². The molecule has 0 rings (SSSR count). The number of nitrogens with one attached hydrogen (secondary N) is 3. The average molecular weight is 388 g/mol. The van der Waals surface area contributed by atoms with E-state index in [1.807, 2.05) is 0 Å². The highest BCUT2D eigenvalue weighted by atomic mass is 16.3. The first-order valence-corrected chi connectivity index (χ1v) is 9.66. The fraction of sp³-hybridized carbons (Fsp3) is 0.824. The number of nitrogens with zero attached hydrogens (tertiary/aromatic N) is 1. The molecule has 10 heteroatoms. The summed E-state index contributed by atoms with van der Waals surface area (Å²) in [7, 11) is 0. The zero-order valence-corrected chi connectivity index (χ0v) is 16.2. The minimum absolute atomic E-state index is 0.0471. The summed E-state index contributed by atoms with van der Waals surface area (Å²) in [5.41, 5.74) is 15.8. The third-order valence-electron chi connectivity index (χ3n) is 3.79. The minimum Gasteiger partial charge on any atom is -0.383 e.